The molecule has 1 N–H and O–H groups in total. The molecule has 0 saturated carbocycles. The minimum atomic E-state index is 0.307. The third-order valence-electron chi connectivity index (χ3n) is 3.66. The van der Waals surface area contributed by atoms with Crippen molar-refractivity contribution in [2.75, 3.05) is 33.3 Å². The maximum Gasteiger partial charge on any atom is 0.0446 e. The Bertz CT molecular complexity index is 196. The van der Waals surface area contributed by atoms with Gasteiger partial charge in [-0.05, 0) is 39.3 Å². The van der Waals surface area contributed by atoms with Crippen molar-refractivity contribution in [1.29, 1.82) is 0 Å². The lowest BCUT2D eigenvalue weighted by atomic mass is 10.1. The predicted molar refractivity (Wildman–Crippen MR) is 68.6 cm³/mol. The van der Waals surface area contributed by atoms with Crippen LogP contribution in [0.5, 0.6) is 0 Å². The van der Waals surface area contributed by atoms with Gasteiger partial charge in [-0.15, -0.1) is 0 Å². The Labute approximate surface area is 100 Å². The second-order valence-corrected chi connectivity index (χ2v) is 5.63. The summed E-state index contributed by atoms with van der Waals surface area (Å²) in [6, 6.07) is 1.20. The highest BCUT2D eigenvalue weighted by Crippen LogP contribution is 2.17. The highest BCUT2D eigenvalue weighted by Gasteiger charge is 2.26. The van der Waals surface area contributed by atoms with Crippen molar-refractivity contribution in [2.45, 2.75) is 45.7 Å². The molecule has 1 saturated heterocycles. The molecule has 96 valence electrons. The second-order valence-electron chi connectivity index (χ2n) is 5.63. The lowest BCUT2D eigenvalue weighted by molar-refractivity contribution is 0.135. The average molecular weight is 228 g/mol. The Hall–Kier alpha value is -0.120. The lowest BCUT2D eigenvalue weighted by Gasteiger charge is -2.32. The summed E-state index contributed by atoms with van der Waals surface area (Å²) >= 11 is 0. The van der Waals surface area contributed by atoms with E-state index in [0.717, 1.165) is 19.5 Å². The van der Waals surface area contributed by atoms with E-state index in [4.69, 9.17) is 5.11 Å². The van der Waals surface area contributed by atoms with E-state index in [0.29, 0.717) is 24.6 Å². The van der Waals surface area contributed by atoms with E-state index in [1.807, 2.05) is 0 Å². The fourth-order valence-corrected chi connectivity index (χ4v) is 2.52. The van der Waals surface area contributed by atoms with Crippen molar-refractivity contribution < 1.29 is 5.11 Å². The van der Waals surface area contributed by atoms with Crippen LogP contribution in [0.2, 0.25) is 0 Å². The van der Waals surface area contributed by atoms with Crippen molar-refractivity contribution >= 4 is 0 Å². The molecule has 0 spiro atoms. The van der Waals surface area contributed by atoms with Crippen LogP contribution in [-0.2, 0) is 0 Å². The summed E-state index contributed by atoms with van der Waals surface area (Å²) in [4.78, 5) is 5.00. The Morgan fingerprint density at radius 2 is 2.06 bits per heavy atom. The van der Waals surface area contributed by atoms with Gasteiger partial charge in [0, 0.05) is 31.8 Å². The summed E-state index contributed by atoms with van der Waals surface area (Å²) in [6.45, 7) is 10.6. The maximum atomic E-state index is 9.17. The lowest BCUT2D eigenvalue weighted by Crippen LogP contribution is -2.43. The van der Waals surface area contributed by atoms with Gasteiger partial charge < -0.3 is 10.0 Å². The van der Waals surface area contributed by atoms with Gasteiger partial charge in [0.1, 0.15) is 0 Å². The topological polar surface area (TPSA) is 26.7 Å². The van der Waals surface area contributed by atoms with Crippen LogP contribution in [0.4, 0.5) is 0 Å². The highest BCUT2D eigenvalue weighted by atomic mass is 16.3. The van der Waals surface area contributed by atoms with Gasteiger partial charge in [0.2, 0.25) is 0 Å². The monoisotopic (exact) mass is 228 g/mol. The molecule has 0 aromatic carbocycles. The first-order valence-corrected chi connectivity index (χ1v) is 6.59. The molecule has 0 aliphatic carbocycles. The Balaban J connectivity index is 2.62. The smallest absolute Gasteiger partial charge is 0.0446 e. The standard InChI is InChI=1S/C13H28N2O/c1-11(2)9-15-7-5-12(3)14(4)10-13(15)6-8-16/h11-13,16H,5-10H2,1-4H3. The van der Waals surface area contributed by atoms with E-state index in [-0.39, 0.29) is 0 Å². The van der Waals surface area contributed by atoms with Crippen LogP contribution in [0, 0.1) is 5.92 Å². The zero-order valence-corrected chi connectivity index (χ0v) is 11.3. The van der Waals surface area contributed by atoms with Gasteiger partial charge in [0.25, 0.3) is 0 Å². The molecule has 3 heteroatoms. The third-order valence-corrected chi connectivity index (χ3v) is 3.66. The fourth-order valence-electron chi connectivity index (χ4n) is 2.52. The van der Waals surface area contributed by atoms with Gasteiger partial charge in [-0.1, -0.05) is 13.8 Å². The van der Waals surface area contributed by atoms with Gasteiger partial charge in [0.15, 0.2) is 0 Å². The molecule has 2 atom stereocenters. The van der Waals surface area contributed by atoms with Crippen LogP contribution in [0.1, 0.15) is 33.6 Å². The van der Waals surface area contributed by atoms with Crippen LogP contribution < -0.4 is 0 Å². The van der Waals surface area contributed by atoms with Crippen molar-refractivity contribution in [3.05, 3.63) is 0 Å². The zero-order chi connectivity index (χ0) is 12.1. The molecule has 1 aliphatic heterocycles. The molecule has 3 nitrogen and oxygen atoms in total. The van der Waals surface area contributed by atoms with Crippen molar-refractivity contribution in [3.8, 4) is 0 Å². The van der Waals surface area contributed by atoms with Crippen molar-refractivity contribution in [2.24, 2.45) is 5.92 Å². The molecule has 2 unspecified atom stereocenters. The number of rotatable bonds is 4. The quantitative estimate of drug-likeness (QED) is 0.788. The van der Waals surface area contributed by atoms with E-state index in [2.05, 4.69) is 37.6 Å². The summed E-state index contributed by atoms with van der Waals surface area (Å²) < 4.78 is 0. The van der Waals surface area contributed by atoms with Gasteiger partial charge in [-0.3, -0.25) is 4.90 Å². The zero-order valence-electron chi connectivity index (χ0n) is 11.3. The number of aliphatic hydroxyl groups excluding tert-OH is 1. The molecule has 0 bridgehead atoms. The Morgan fingerprint density at radius 1 is 1.38 bits per heavy atom. The molecule has 1 heterocycles. The number of nitrogens with zero attached hydrogens (tertiary/aromatic N) is 2. The molecule has 16 heavy (non-hydrogen) atoms. The average Bonchev–Trinajstić information content (AvgIpc) is 2.32. The van der Waals surface area contributed by atoms with Crippen LogP contribution in [-0.4, -0.2) is 60.3 Å². The fraction of sp³-hybridized carbons (Fsp3) is 1.00. The van der Waals surface area contributed by atoms with Crippen LogP contribution in [0.3, 0.4) is 0 Å². The Morgan fingerprint density at radius 3 is 2.62 bits per heavy atom. The van der Waals surface area contributed by atoms with Crippen LogP contribution in [0.15, 0.2) is 0 Å². The van der Waals surface area contributed by atoms with Crippen molar-refractivity contribution in [1.82, 2.24) is 9.80 Å². The van der Waals surface area contributed by atoms with Crippen LogP contribution >= 0.6 is 0 Å². The molecule has 0 amide bonds. The molecular formula is C13H28N2O. The van der Waals surface area contributed by atoms with E-state index < -0.39 is 0 Å². The largest absolute Gasteiger partial charge is 0.396 e. The SMILES string of the molecule is CC(C)CN1CCC(C)N(C)CC1CCO. The predicted octanol–water partition coefficient (Wildman–Crippen LogP) is 1.42. The molecule has 1 fully saturated rings. The van der Waals surface area contributed by atoms with Gasteiger partial charge in [0.05, 0.1) is 0 Å². The van der Waals surface area contributed by atoms with E-state index in [1.54, 1.807) is 0 Å². The maximum absolute atomic E-state index is 9.17. The van der Waals surface area contributed by atoms with Gasteiger partial charge in [-0.2, -0.15) is 0 Å². The number of likely N-dealkylation sites (N-methyl/N-ethyl adjacent to an activating group) is 1. The molecule has 0 radical (unpaired) electrons. The highest BCUT2D eigenvalue weighted by molar-refractivity contribution is 4.82. The molecule has 1 aliphatic rings. The van der Waals surface area contributed by atoms with E-state index in [1.165, 1.54) is 13.0 Å². The summed E-state index contributed by atoms with van der Waals surface area (Å²) in [5.41, 5.74) is 0. The van der Waals surface area contributed by atoms with E-state index >= 15 is 0 Å². The Kier molecular flexibility index (Phi) is 5.73. The molecule has 0 aromatic rings. The first-order valence-electron chi connectivity index (χ1n) is 6.59. The second kappa shape index (κ2) is 6.58. The summed E-state index contributed by atoms with van der Waals surface area (Å²) in [5.74, 6) is 0.708. The molecular weight excluding hydrogens is 200 g/mol. The third kappa shape index (κ3) is 4.04. The van der Waals surface area contributed by atoms with Crippen molar-refractivity contribution in [3.63, 3.8) is 0 Å². The first kappa shape index (κ1) is 13.9. The van der Waals surface area contributed by atoms with E-state index in [9.17, 15) is 0 Å². The summed E-state index contributed by atoms with van der Waals surface area (Å²) in [7, 11) is 2.20. The summed E-state index contributed by atoms with van der Waals surface area (Å²) in [5, 5.41) is 9.17. The minimum Gasteiger partial charge on any atom is -0.396 e. The normalized spacial score (nSPS) is 29.6. The number of hydrogen-bond donors (Lipinski definition) is 1. The van der Waals surface area contributed by atoms with Gasteiger partial charge in [-0.25, -0.2) is 0 Å². The number of hydrogen-bond acceptors (Lipinski definition) is 3. The first-order chi connectivity index (χ1) is 7.54. The molecule has 1 rings (SSSR count). The number of aliphatic hydroxyl groups is 1. The minimum absolute atomic E-state index is 0.307. The summed E-state index contributed by atoms with van der Waals surface area (Å²) in [6.07, 6.45) is 2.15. The van der Waals surface area contributed by atoms with Crippen LogP contribution in [0.25, 0.3) is 0 Å². The van der Waals surface area contributed by atoms with Gasteiger partial charge >= 0.3 is 0 Å². The molecule has 0 aromatic heterocycles.